The number of amides is 4. The van der Waals surface area contributed by atoms with E-state index in [0.717, 1.165) is 22.7 Å². The highest BCUT2D eigenvalue weighted by atomic mass is 79.9. The number of nitrogens with one attached hydrogen (secondary N) is 2. The second kappa shape index (κ2) is 12.1. The number of hydrogen-bond donors (Lipinski definition) is 2. The van der Waals surface area contributed by atoms with Crippen LogP contribution in [0.4, 0.5) is 43.7 Å². The summed E-state index contributed by atoms with van der Waals surface area (Å²) < 4.78 is 0.701. The van der Waals surface area contributed by atoms with Crippen LogP contribution in [0.5, 0.6) is 0 Å². The summed E-state index contributed by atoms with van der Waals surface area (Å²) in [6.45, 7) is 0. The summed E-state index contributed by atoms with van der Waals surface area (Å²) >= 11 is 3.52. The van der Waals surface area contributed by atoms with E-state index in [1.165, 1.54) is 0 Å². The number of carbonyl (C=O) groups is 2. The third-order valence-corrected chi connectivity index (χ3v) is 6.32. The lowest BCUT2D eigenvalue weighted by Gasteiger charge is -2.24. The van der Waals surface area contributed by atoms with Crippen molar-refractivity contribution in [2.45, 2.75) is 0 Å². The fraction of sp³-hybridized carbons (Fsp3) is 0. The summed E-state index contributed by atoms with van der Waals surface area (Å²) in [5, 5.41) is 5.96. The first-order valence-corrected chi connectivity index (χ1v) is 13.1. The molecule has 0 aromatic heterocycles. The van der Waals surface area contributed by atoms with Gasteiger partial charge in [-0.05, 0) is 66.7 Å². The third kappa shape index (κ3) is 6.34. The van der Waals surface area contributed by atoms with Crippen LogP contribution in [-0.2, 0) is 0 Å². The van der Waals surface area contributed by atoms with E-state index in [0.29, 0.717) is 15.8 Å². The molecular formula is C32H25BrN4O2. The van der Waals surface area contributed by atoms with Crippen LogP contribution in [0.25, 0.3) is 0 Å². The molecule has 0 fully saturated rings. The Balaban J connectivity index is 1.41. The number of benzene rings is 5. The van der Waals surface area contributed by atoms with E-state index in [-0.39, 0.29) is 12.1 Å². The van der Waals surface area contributed by atoms with E-state index < -0.39 is 0 Å². The molecule has 39 heavy (non-hydrogen) atoms. The molecule has 0 radical (unpaired) electrons. The first kappa shape index (κ1) is 25.8. The van der Waals surface area contributed by atoms with Crippen molar-refractivity contribution >= 4 is 62.1 Å². The van der Waals surface area contributed by atoms with Gasteiger partial charge in [0.1, 0.15) is 0 Å². The number of rotatable bonds is 6. The number of urea groups is 2. The topological polar surface area (TPSA) is 64.7 Å². The second-order valence-electron chi connectivity index (χ2n) is 8.60. The Labute approximate surface area is 235 Å². The van der Waals surface area contributed by atoms with Gasteiger partial charge in [-0.1, -0.05) is 88.7 Å². The average molecular weight is 577 g/mol. The smallest absolute Gasteiger partial charge is 0.307 e. The molecule has 192 valence electrons. The van der Waals surface area contributed by atoms with Crippen LogP contribution in [0.15, 0.2) is 144 Å². The molecule has 0 aliphatic rings. The molecule has 0 spiro atoms. The van der Waals surface area contributed by atoms with Gasteiger partial charge in [0.05, 0.1) is 22.7 Å². The predicted octanol–water partition coefficient (Wildman–Crippen LogP) is 9.19. The molecule has 2 N–H and O–H groups in total. The average Bonchev–Trinajstić information content (AvgIpc) is 2.95. The fourth-order valence-electron chi connectivity index (χ4n) is 4.17. The number of hydrogen-bond acceptors (Lipinski definition) is 2. The van der Waals surface area contributed by atoms with E-state index in [2.05, 4.69) is 26.6 Å². The Morgan fingerprint density at radius 3 is 1.03 bits per heavy atom. The van der Waals surface area contributed by atoms with Gasteiger partial charge in [-0.15, -0.1) is 0 Å². The van der Waals surface area contributed by atoms with Crippen LogP contribution in [0.2, 0.25) is 0 Å². The highest BCUT2D eigenvalue weighted by Gasteiger charge is 2.20. The lowest BCUT2D eigenvalue weighted by Crippen LogP contribution is -2.31. The maximum absolute atomic E-state index is 13.5. The maximum Gasteiger partial charge on any atom is 0.330 e. The Kier molecular flexibility index (Phi) is 8.00. The normalized spacial score (nSPS) is 10.4. The van der Waals surface area contributed by atoms with E-state index >= 15 is 0 Å². The van der Waals surface area contributed by atoms with Crippen LogP contribution in [-0.4, -0.2) is 12.1 Å². The van der Waals surface area contributed by atoms with Crippen molar-refractivity contribution < 1.29 is 9.59 Å². The summed E-state index contributed by atoms with van der Waals surface area (Å²) in [5.41, 5.74) is 3.95. The maximum atomic E-state index is 13.5. The quantitative estimate of drug-likeness (QED) is 0.211. The van der Waals surface area contributed by atoms with Gasteiger partial charge >= 0.3 is 12.1 Å². The molecule has 0 aliphatic carbocycles. The zero-order valence-corrected chi connectivity index (χ0v) is 22.5. The van der Waals surface area contributed by atoms with E-state index in [1.807, 2.05) is 121 Å². The van der Waals surface area contributed by atoms with Gasteiger partial charge in [-0.25, -0.2) is 9.59 Å². The minimum absolute atomic E-state index is 0.335. The number of carbonyl (C=O) groups excluding carboxylic acids is 2. The molecule has 5 aromatic rings. The van der Waals surface area contributed by atoms with Gasteiger partial charge in [-0.2, -0.15) is 0 Å². The molecule has 7 heteroatoms. The molecule has 4 amide bonds. The van der Waals surface area contributed by atoms with Crippen LogP contribution < -0.4 is 20.4 Å². The monoisotopic (exact) mass is 576 g/mol. The molecular weight excluding hydrogens is 552 g/mol. The van der Waals surface area contributed by atoms with Crippen molar-refractivity contribution in [1.29, 1.82) is 0 Å². The van der Waals surface area contributed by atoms with Gasteiger partial charge in [0, 0.05) is 15.8 Å². The van der Waals surface area contributed by atoms with Gasteiger partial charge in [-0.3, -0.25) is 9.80 Å². The van der Waals surface area contributed by atoms with E-state index in [4.69, 9.17) is 0 Å². The Bertz CT molecular complexity index is 1360. The molecule has 0 heterocycles. The lowest BCUT2D eigenvalue weighted by atomic mass is 10.2. The van der Waals surface area contributed by atoms with Crippen molar-refractivity contribution in [2.24, 2.45) is 0 Å². The van der Waals surface area contributed by atoms with Gasteiger partial charge in [0.15, 0.2) is 0 Å². The van der Waals surface area contributed by atoms with Crippen molar-refractivity contribution in [2.75, 3.05) is 20.4 Å². The van der Waals surface area contributed by atoms with Crippen LogP contribution in [0.1, 0.15) is 0 Å². The number of anilines is 6. The number of halogens is 1. The van der Waals surface area contributed by atoms with Gasteiger partial charge in [0.25, 0.3) is 0 Å². The highest BCUT2D eigenvalue weighted by molar-refractivity contribution is 9.10. The number of nitrogens with zero attached hydrogens (tertiary/aromatic N) is 2. The first-order valence-electron chi connectivity index (χ1n) is 12.3. The number of para-hydroxylation sites is 4. The zero-order valence-electron chi connectivity index (χ0n) is 20.9. The standard InChI is InChI=1S/C32H25BrN4O2/c33-24-21-25(34-31(38)36(27-13-5-1-6-14-27)28-15-7-2-8-16-28)23-26(22-24)35-32(39)37(29-17-9-3-10-18-29)30-19-11-4-12-20-30/h1-23H,(H,34,38)(H,35,39). The van der Waals surface area contributed by atoms with Crippen LogP contribution >= 0.6 is 15.9 Å². The van der Waals surface area contributed by atoms with Gasteiger partial charge < -0.3 is 10.6 Å². The van der Waals surface area contributed by atoms with Crippen LogP contribution in [0.3, 0.4) is 0 Å². The molecule has 5 aromatic carbocycles. The molecule has 0 saturated heterocycles. The van der Waals surface area contributed by atoms with Crippen molar-refractivity contribution in [1.82, 2.24) is 0 Å². The minimum Gasteiger partial charge on any atom is -0.307 e. The molecule has 0 saturated carbocycles. The molecule has 6 nitrogen and oxygen atoms in total. The SMILES string of the molecule is O=C(Nc1cc(Br)cc(NC(=O)N(c2ccccc2)c2ccccc2)c1)N(c1ccccc1)c1ccccc1. The highest BCUT2D eigenvalue weighted by Crippen LogP contribution is 2.30. The fourth-order valence-corrected chi connectivity index (χ4v) is 4.66. The Hall–Kier alpha value is -4.88. The zero-order chi connectivity index (χ0) is 27.0. The third-order valence-electron chi connectivity index (χ3n) is 5.86. The summed E-state index contributed by atoms with van der Waals surface area (Å²) in [6, 6.07) is 42.3. The van der Waals surface area contributed by atoms with E-state index in [9.17, 15) is 9.59 Å². The summed E-state index contributed by atoms with van der Waals surface area (Å²) in [7, 11) is 0. The summed E-state index contributed by atoms with van der Waals surface area (Å²) in [6.07, 6.45) is 0. The summed E-state index contributed by atoms with van der Waals surface area (Å²) in [5.74, 6) is 0. The minimum atomic E-state index is -0.335. The van der Waals surface area contributed by atoms with Crippen molar-refractivity contribution in [3.8, 4) is 0 Å². The van der Waals surface area contributed by atoms with Crippen molar-refractivity contribution in [3.05, 3.63) is 144 Å². The molecule has 0 aliphatic heterocycles. The molecule has 0 atom stereocenters. The molecule has 5 rings (SSSR count). The Morgan fingerprint density at radius 1 is 0.462 bits per heavy atom. The summed E-state index contributed by atoms with van der Waals surface area (Å²) in [4.78, 5) is 30.3. The molecule has 0 bridgehead atoms. The largest absolute Gasteiger partial charge is 0.330 e. The van der Waals surface area contributed by atoms with E-state index in [1.54, 1.807) is 28.0 Å². The second-order valence-corrected chi connectivity index (χ2v) is 9.52. The van der Waals surface area contributed by atoms with Gasteiger partial charge in [0.2, 0.25) is 0 Å². The van der Waals surface area contributed by atoms with Crippen LogP contribution in [0, 0.1) is 0 Å². The predicted molar refractivity (Wildman–Crippen MR) is 162 cm³/mol. The lowest BCUT2D eigenvalue weighted by molar-refractivity contribution is 0.258. The Morgan fingerprint density at radius 2 is 0.744 bits per heavy atom. The first-order chi connectivity index (χ1) is 19.1. The van der Waals surface area contributed by atoms with Crippen molar-refractivity contribution in [3.63, 3.8) is 0 Å². The molecule has 0 unspecified atom stereocenters.